The Bertz CT molecular complexity index is 531. The van der Waals surface area contributed by atoms with E-state index in [1.54, 1.807) is 12.5 Å². The summed E-state index contributed by atoms with van der Waals surface area (Å²) in [6.45, 7) is 2.79. The first-order valence-corrected chi connectivity index (χ1v) is 5.27. The number of aromatic nitrogens is 4. The molecule has 2 heterocycles. The third-order valence-electron chi connectivity index (χ3n) is 2.05. The van der Waals surface area contributed by atoms with Gasteiger partial charge in [-0.25, -0.2) is 9.97 Å². The van der Waals surface area contributed by atoms with E-state index in [0.717, 1.165) is 12.2 Å². The lowest BCUT2D eigenvalue weighted by Gasteiger charge is -2.03. The molecule has 0 atom stereocenters. The van der Waals surface area contributed by atoms with Crippen molar-refractivity contribution < 1.29 is 0 Å². The monoisotopic (exact) mass is 268 g/mol. The molecule has 0 aliphatic carbocycles. The highest BCUT2D eigenvalue weighted by molar-refractivity contribution is 9.10. The second kappa shape index (κ2) is 3.98. The lowest BCUT2D eigenvalue weighted by molar-refractivity contribution is 0.763. The number of halogens is 1. The SMILES string of the molecule is CCn1cncc1-c1ncc(Br)c(=O)[nH]1. The van der Waals surface area contributed by atoms with Crippen LogP contribution in [0.5, 0.6) is 0 Å². The van der Waals surface area contributed by atoms with Crippen molar-refractivity contribution in [2.75, 3.05) is 0 Å². The van der Waals surface area contributed by atoms with E-state index in [1.165, 1.54) is 6.20 Å². The Hall–Kier alpha value is -1.43. The van der Waals surface area contributed by atoms with Gasteiger partial charge >= 0.3 is 0 Å². The van der Waals surface area contributed by atoms with E-state index in [-0.39, 0.29) is 5.56 Å². The van der Waals surface area contributed by atoms with Gasteiger partial charge < -0.3 is 9.55 Å². The fourth-order valence-electron chi connectivity index (χ4n) is 1.28. The summed E-state index contributed by atoms with van der Waals surface area (Å²) in [6, 6.07) is 0. The Morgan fingerprint density at radius 3 is 3.00 bits per heavy atom. The molecule has 0 spiro atoms. The second-order valence-electron chi connectivity index (χ2n) is 2.97. The van der Waals surface area contributed by atoms with Crippen molar-refractivity contribution in [1.29, 1.82) is 0 Å². The average molecular weight is 269 g/mol. The molecular weight excluding hydrogens is 260 g/mol. The summed E-state index contributed by atoms with van der Waals surface area (Å²) in [5, 5.41) is 0. The summed E-state index contributed by atoms with van der Waals surface area (Å²) in [5.74, 6) is 0.530. The molecule has 0 bridgehead atoms. The van der Waals surface area contributed by atoms with Crippen LogP contribution in [0.2, 0.25) is 0 Å². The van der Waals surface area contributed by atoms with Crippen LogP contribution in [0.4, 0.5) is 0 Å². The van der Waals surface area contributed by atoms with Crippen LogP contribution in [0.15, 0.2) is 28.0 Å². The maximum atomic E-state index is 11.4. The van der Waals surface area contributed by atoms with Gasteiger partial charge in [0.15, 0.2) is 5.82 Å². The molecule has 2 aromatic rings. The predicted octanol–water partition coefficient (Wildman–Crippen LogP) is 1.42. The molecule has 0 aliphatic rings. The van der Waals surface area contributed by atoms with Crippen molar-refractivity contribution >= 4 is 15.9 Å². The fraction of sp³-hybridized carbons (Fsp3) is 0.222. The minimum absolute atomic E-state index is 0.191. The maximum Gasteiger partial charge on any atom is 0.265 e. The molecule has 78 valence electrons. The number of aromatic amines is 1. The zero-order chi connectivity index (χ0) is 10.8. The average Bonchev–Trinajstić information content (AvgIpc) is 2.70. The Morgan fingerprint density at radius 2 is 2.33 bits per heavy atom. The number of hydrogen-bond acceptors (Lipinski definition) is 3. The molecule has 1 N–H and O–H groups in total. The Morgan fingerprint density at radius 1 is 1.53 bits per heavy atom. The van der Waals surface area contributed by atoms with Gasteiger partial charge in [0, 0.05) is 12.7 Å². The van der Waals surface area contributed by atoms with Gasteiger partial charge in [-0.1, -0.05) is 0 Å². The molecule has 0 amide bonds. The summed E-state index contributed by atoms with van der Waals surface area (Å²) in [7, 11) is 0. The van der Waals surface area contributed by atoms with Gasteiger partial charge in [-0.05, 0) is 22.9 Å². The molecule has 5 nitrogen and oxygen atoms in total. The summed E-state index contributed by atoms with van der Waals surface area (Å²) in [5.41, 5.74) is 0.617. The van der Waals surface area contributed by atoms with E-state index in [2.05, 4.69) is 30.9 Å². The third-order valence-corrected chi connectivity index (χ3v) is 2.62. The van der Waals surface area contributed by atoms with Crippen molar-refractivity contribution in [1.82, 2.24) is 19.5 Å². The highest BCUT2D eigenvalue weighted by Gasteiger charge is 2.07. The van der Waals surface area contributed by atoms with Gasteiger partial charge in [0.2, 0.25) is 0 Å². The van der Waals surface area contributed by atoms with Crippen molar-refractivity contribution in [3.05, 3.63) is 33.5 Å². The van der Waals surface area contributed by atoms with Crippen LogP contribution in [0.3, 0.4) is 0 Å². The number of aryl methyl sites for hydroxylation is 1. The summed E-state index contributed by atoms with van der Waals surface area (Å²) in [6.07, 6.45) is 4.87. The standard InChI is InChI=1S/C9H9BrN4O/c1-2-14-5-11-4-7(14)8-12-3-6(10)9(15)13-8/h3-5H,2H2,1H3,(H,12,13,15). The van der Waals surface area contributed by atoms with E-state index in [1.807, 2.05) is 11.5 Å². The molecule has 6 heteroatoms. The molecule has 0 aliphatic heterocycles. The lowest BCUT2D eigenvalue weighted by atomic mass is 10.4. The van der Waals surface area contributed by atoms with Crippen LogP contribution in [0, 0.1) is 0 Å². The molecule has 0 fully saturated rings. The molecule has 0 aromatic carbocycles. The maximum absolute atomic E-state index is 11.4. The quantitative estimate of drug-likeness (QED) is 0.896. The van der Waals surface area contributed by atoms with Gasteiger partial charge in [0.05, 0.1) is 12.5 Å². The predicted molar refractivity (Wildman–Crippen MR) is 59.5 cm³/mol. The first-order chi connectivity index (χ1) is 7.22. The Balaban J connectivity index is 2.54. The minimum atomic E-state index is -0.191. The first kappa shape index (κ1) is 10.1. The summed E-state index contributed by atoms with van der Waals surface area (Å²) < 4.78 is 2.33. The minimum Gasteiger partial charge on any atom is -0.328 e. The molecule has 0 saturated carbocycles. The largest absolute Gasteiger partial charge is 0.328 e. The van der Waals surface area contributed by atoms with Crippen molar-refractivity contribution in [2.45, 2.75) is 13.5 Å². The van der Waals surface area contributed by atoms with E-state index >= 15 is 0 Å². The number of H-pyrrole nitrogens is 1. The van der Waals surface area contributed by atoms with Gasteiger partial charge in [-0.3, -0.25) is 4.79 Å². The molecule has 15 heavy (non-hydrogen) atoms. The summed E-state index contributed by atoms with van der Waals surface area (Å²) in [4.78, 5) is 22.2. The van der Waals surface area contributed by atoms with Crippen LogP contribution in [-0.4, -0.2) is 19.5 Å². The molecular formula is C9H9BrN4O. The second-order valence-corrected chi connectivity index (χ2v) is 3.83. The normalized spacial score (nSPS) is 10.5. The van der Waals surface area contributed by atoms with Gasteiger partial charge in [-0.2, -0.15) is 0 Å². The van der Waals surface area contributed by atoms with E-state index in [9.17, 15) is 4.79 Å². The van der Waals surface area contributed by atoms with Gasteiger partial charge in [-0.15, -0.1) is 0 Å². The van der Waals surface area contributed by atoms with Crippen molar-refractivity contribution in [3.8, 4) is 11.5 Å². The third kappa shape index (κ3) is 1.85. The number of nitrogens with zero attached hydrogens (tertiary/aromatic N) is 3. The van der Waals surface area contributed by atoms with Crippen LogP contribution in [0.1, 0.15) is 6.92 Å². The molecule has 0 radical (unpaired) electrons. The van der Waals surface area contributed by atoms with Crippen LogP contribution in [0.25, 0.3) is 11.5 Å². The molecule has 0 unspecified atom stereocenters. The fourth-order valence-corrected chi connectivity index (χ4v) is 1.48. The van der Waals surface area contributed by atoms with Crippen LogP contribution >= 0.6 is 15.9 Å². The van der Waals surface area contributed by atoms with Crippen molar-refractivity contribution in [2.24, 2.45) is 0 Å². The van der Waals surface area contributed by atoms with Gasteiger partial charge in [0.25, 0.3) is 5.56 Å². The highest BCUT2D eigenvalue weighted by Crippen LogP contribution is 2.13. The summed E-state index contributed by atoms with van der Waals surface area (Å²) >= 11 is 3.10. The van der Waals surface area contributed by atoms with Crippen LogP contribution in [-0.2, 0) is 6.54 Å². The lowest BCUT2D eigenvalue weighted by Crippen LogP contribution is -2.10. The number of rotatable bonds is 2. The first-order valence-electron chi connectivity index (χ1n) is 4.47. The number of imidazole rings is 1. The van der Waals surface area contributed by atoms with E-state index in [4.69, 9.17) is 0 Å². The molecule has 2 aromatic heterocycles. The van der Waals surface area contributed by atoms with Gasteiger partial charge in [0.1, 0.15) is 10.2 Å². The van der Waals surface area contributed by atoms with Crippen molar-refractivity contribution in [3.63, 3.8) is 0 Å². The molecule has 2 rings (SSSR count). The zero-order valence-electron chi connectivity index (χ0n) is 8.07. The smallest absolute Gasteiger partial charge is 0.265 e. The highest BCUT2D eigenvalue weighted by atomic mass is 79.9. The zero-order valence-corrected chi connectivity index (χ0v) is 9.65. The molecule has 0 saturated heterocycles. The number of hydrogen-bond donors (Lipinski definition) is 1. The number of nitrogens with one attached hydrogen (secondary N) is 1. The van der Waals surface area contributed by atoms with E-state index < -0.39 is 0 Å². The topological polar surface area (TPSA) is 63.6 Å². The van der Waals surface area contributed by atoms with E-state index in [0.29, 0.717) is 10.3 Å². The Labute approximate surface area is 94.3 Å². The Kier molecular flexibility index (Phi) is 2.68. The van der Waals surface area contributed by atoms with Crippen LogP contribution < -0.4 is 5.56 Å².